The number of carboxylic acids is 1. The summed E-state index contributed by atoms with van der Waals surface area (Å²) in [6.45, 7) is 2.66. The highest BCUT2D eigenvalue weighted by molar-refractivity contribution is 6.36. The molecule has 0 saturated heterocycles. The zero-order valence-electron chi connectivity index (χ0n) is 16.5. The molecule has 1 N–H and O–H groups in total. The number of benzene rings is 2. The number of fused-ring (bicyclic) bond motifs is 1. The van der Waals surface area contributed by atoms with Crippen molar-refractivity contribution in [2.75, 3.05) is 6.61 Å². The van der Waals surface area contributed by atoms with Crippen LogP contribution in [0.25, 0.3) is 22.4 Å². The van der Waals surface area contributed by atoms with Gasteiger partial charge in [-0.3, -0.25) is 4.79 Å². The van der Waals surface area contributed by atoms with E-state index >= 15 is 0 Å². The van der Waals surface area contributed by atoms with Crippen LogP contribution in [0.4, 0.5) is 0 Å². The molecule has 2 aromatic carbocycles. The maximum Gasteiger partial charge on any atom is 0.305 e. The Bertz CT molecular complexity index is 1180. The zero-order valence-corrected chi connectivity index (χ0v) is 17.2. The quantitative estimate of drug-likeness (QED) is 0.412. The Kier molecular flexibility index (Phi) is 5.77. The molecule has 0 aliphatic carbocycles. The number of carbonyl (C=O) groups is 1. The summed E-state index contributed by atoms with van der Waals surface area (Å²) in [4.78, 5) is 15.5. The van der Waals surface area contributed by atoms with Crippen molar-refractivity contribution in [2.45, 2.75) is 26.3 Å². The third-order valence-electron chi connectivity index (χ3n) is 4.90. The fourth-order valence-electron chi connectivity index (χ4n) is 3.41. The summed E-state index contributed by atoms with van der Waals surface area (Å²) in [5, 5.41) is 10.3. The Labute approximate surface area is 178 Å². The van der Waals surface area contributed by atoms with Crippen molar-refractivity contribution in [1.82, 2.24) is 9.55 Å². The van der Waals surface area contributed by atoms with Crippen LogP contribution in [0.3, 0.4) is 0 Å². The molecule has 4 rings (SSSR count). The first kappa shape index (κ1) is 20.0. The van der Waals surface area contributed by atoms with Gasteiger partial charge in [0.25, 0.3) is 0 Å². The Morgan fingerprint density at radius 2 is 2.00 bits per heavy atom. The van der Waals surface area contributed by atoms with E-state index < -0.39 is 5.97 Å². The predicted octanol–water partition coefficient (Wildman–Crippen LogP) is 5.35. The molecule has 0 atom stereocenters. The van der Waals surface area contributed by atoms with Gasteiger partial charge in [0.2, 0.25) is 5.89 Å². The Hall–Kier alpha value is -3.25. The van der Waals surface area contributed by atoms with Crippen LogP contribution in [0.15, 0.2) is 59.1 Å². The van der Waals surface area contributed by atoms with Crippen LogP contribution in [0.5, 0.6) is 5.75 Å². The third kappa shape index (κ3) is 4.19. The van der Waals surface area contributed by atoms with Crippen LogP contribution in [-0.4, -0.2) is 27.2 Å². The molecule has 0 spiro atoms. The van der Waals surface area contributed by atoms with Gasteiger partial charge in [-0.2, -0.15) is 0 Å². The lowest BCUT2D eigenvalue weighted by molar-refractivity contribution is -0.137. The van der Waals surface area contributed by atoms with Crippen LogP contribution in [0.1, 0.15) is 17.9 Å². The number of carboxylic acid groups (broad SMARTS) is 1. The number of oxazole rings is 1. The van der Waals surface area contributed by atoms with E-state index in [9.17, 15) is 4.79 Å². The second kappa shape index (κ2) is 8.63. The predicted molar refractivity (Wildman–Crippen MR) is 115 cm³/mol. The van der Waals surface area contributed by atoms with Gasteiger partial charge < -0.3 is 18.8 Å². The molecule has 2 aromatic heterocycles. The van der Waals surface area contributed by atoms with E-state index in [0.717, 1.165) is 27.9 Å². The number of nitrogens with zero attached hydrogens (tertiary/aromatic N) is 2. The molecule has 7 heteroatoms. The van der Waals surface area contributed by atoms with E-state index in [2.05, 4.69) is 4.98 Å². The molecular formula is C23H21ClN2O4. The largest absolute Gasteiger partial charge is 0.492 e. The molecule has 0 radical (unpaired) electrons. The normalized spacial score (nSPS) is 11.1. The van der Waals surface area contributed by atoms with Gasteiger partial charge >= 0.3 is 5.97 Å². The zero-order chi connectivity index (χ0) is 21.1. The fourth-order valence-corrected chi connectivity index (χ4v) is 3.72. The highest BCUT2D eigenvalue weighted by atomic mass is 35.5. The number of aliphatic carboxylic acids is 1. The van der Waals surface area contributed by atoms with Gasteiger partial charge in [0.05, 0.1) is 34.6 Å². The number of aromatic nitrogens is 2. The highest BCUT2D eigenvalue weighted by Crippen LogP contribution is 2.34. The van der Waals surface area contributed by atoms with Gasteiger partial charge in [-0.15, -0.1) is 0 Å². The molecule has 2 heterocycles. The summed E-state index contributed by atoms with van der Waals surface area (Å²) >= 11 is 6.41. The molecule has 0 bridgehead atoms. The molecule has 0 aliphatic rings. The lowest BCUT2D eigenvalue weighted by Gasteiger charge is -2.08. The van der Waals surface area contributed by atoms with E-state index in [1.54, 1.807) is 6.20 Å². The van der Waals surface area contributed by atoms with Gasteiger partial charge in [-0.1, -0.05) is 35.9 Å². The average Bonchev–Trinajstić information content (AvgIpc) is 3.27. The van der Waals surface area contributed by atoms with E-state index in [4.69, 9.17) is 25.9 Å². The number of ether oxygens (including phenoxy) is 1. The van der Waals surface area contributed by atoms with E-state index in [-0.39, 0.29) is 6.42 Å². The molecule has 154 valence electrons. The molecule has 0 unspecified atom stereocenters. The van der Waals surface area contributed by atoms with Gasteiger partial charge in [-0.25, -0.2) is 4.98 Å². The average molecular weight is 425 g/mol. The number of halogens is 1. The topological polar surface area (TPSA) is 77.5 Å². The number of rotatable bonds is 8. The summed E-state index contributed by atoms with van der Waals surface area (Å²) in [6, 6.07) is 15.4. The van der Waals surface area contributed by atoms with E-state index in [0.29, 0.717) is 36.2 Å². The molecule has 0 fully saturated rings. The van der Waals surface area contributed by atoms with Crippen LogP contribution in [0.2, 0.25) is 5.02 Å². The Morgan fingerprint density at radius 3 is 2.77 bits per heavy atom. The van der Waals surface area contributed by atoms with Crippen molar-refractivity contribution in [3.8, 4) is 17.2 Å². The Balaban J connectivity index is 1.48. The summed E-state index contributed by atoms with van der Waals surface area (Å²) in [5.41, 5.74) is 2.64. The molecule has 30 heavy (non-hydrogen) atoms. The van der Waals surface area contributed by atoms with Crippen LogP contribution < -0.4 is 4.74 Å². The highest BCUT2D eigenvalue weighted by Gasteiger charge is 2.14. The summed E-state index contributed by atoms with van der Waals surface area (Å²) in [7, 11) is 0. The second-order valence-corrected chi connectivity index (χ2v) is 7.36. The number of aryl methyl sites for hydroxylation is 2. The molecule has 0 aliphatic heterocycles. The summed E-state index contributed by atoms with van der Waals surface area (Å²) < 4.78 is 13.7. The van der Waals surface area contributed by atoms with Crippen molar-refractivity contribution >= 4 is 28.5 Å². The molecule has 0 amide bonds. The maximum atomic E-state index is 10.9. The molecule has 4 aromatic rings. The first-order chi connectivity index (χ1) is 14.5. The summed E-state index contributed by atoms with van der Waals surface area (Å²) in [5.74, 6) is 1.19. The lowest BCUT2D eigenvalue weighted by Crippen LogP contribution is -2.04. The second-order valence-electron chi connectivity index (χ2n) is 6.95. The van der Waals surface area contributed by atoms with Crippen LogP contribution in [0, 0.1) is 6.92 Å². The van der Waals surface area contributed by atoms with Crippen LogP contribution in [-0.2, 0) is 17.8 Å². The minimum atomic E-state index is -0.849. The summed E-state index contributed by atoms with van der Waals surface area (Å²) in [6.07, 6.45) is 2.37. The van der Waals surface area contributed by atoms with Crippen molar-refractivity contribution in [2.24, 2.45) is 0 Å². The number of hydrogen-bond donors (Lipinski definition) is 1. The van der Waals surface area contributed by atoms with Gasteiger partial charge in [0, 0.05) is 24.7 Å². The minimum Gasteiger partial charge on any atom is -0.492 e. The third-order valence-corrected chi connectivity index (χ3v) is 5.18. The standard InChI is InChI=1S/C23H21ClN2O4/c1-15-18(25-23(30-15)16-6-3-2-4-7-16)11-13-29-20-9-5-8-19-22(20)17(24)14-26(19)12-10-21(27)28/h2-9,14H,10-13H2,1H3,(H,27,28). The van der Waals surface area contributed by atoms with Crippen LogP contribution >= 0.6 is 11.6 Å². The smallest absolute Gasteiger partial charge is 0.305 e. The van der Waals surface area contributed by atoms with Crippen molar-refractivity contribution < 1.29 is 19.1 Å². The molecule has 0 saturated carbocycles. The lowest BCUT2D eigenvalue weighted by atomic mass is 10.2. The maximum absolute atomic E-state index is 10.9. The SMILES string of the molecule is Cc1oc(-c2ccccc2)nc1CCOc1cccc2c1c(Cl)cn2CCC(=O)O. The van der Waals surface area contributed by atoms with Gasteiger partial charge in [0.1, 0.15) is 11.5 Å². The first-order valence-corrected chi connectivity index (χ1v) is 10.0. The van der Waals surface area contributed by atoms with Gasteiger partial charge in [0.15, 0.2) is 0 Å². The molecular weight excluding hydrogens is 404 g/mol. The molecule has 6 nitrogen and oxygen atoms in total. The fraction of sp³-hybridized carbons (Fsp3) is 0.217. The van der Waals surface area contributed by atoms with Crippen molar-refractivity contribution in [1.29, 1.82) is 0 Å². The number of hydrogen-bond acceptors (Lipinski definition) is 4. The van der Waals surface area contributed by atoms with Gasteiger partial charge in [-0.05, 0) is 31.2 Å². The van der Waals surface area contributed by atoms with Crippen molar-refractivity contribution in [3.63, 3.8) is 0 Å². The van der Waals surface area contributed by atoms with E-state index in [1.807, 2.05) is 60.0 Å². The first-order valence-electron chi connectivity index (χ1n) is 9.66. The van der Waals surface area contributed by atoms with E-state index in [1.165, 1.54) is 0 Å². The Morgan fingerprint density at radius 1 is 1.20 bits per heavy atom. The van der Waals surface area contributed by atoms with Crippen molar-refractivity contribution in [3.05, 3.63) is 71.2 Å². The minimum absolute atomic E-state index is 0.0282. The monoisotopic (exact) mass is 424 g/mol.